The highest BCUT2D eigenvalue weighted by Gasteiger charge is 2.32. The van der Waals surface area contributed by atoms with Gasteiger partial charge in [0.2, 0.25) is 0 Å². The molecular weight excluding hydrogens is 243 g/mol. The third kappa shape index (κ3) is 4.68. The minimum atomic E-state index is -4.31. The molecule has 1 rings (SSSR count). The van der Waals surface area contributed by atoms with Crippen molar-refractivity contribution in [1.29, 1.82) is 0 Å². The molecule has 1 aromatic heterocycles. The van der Waals surface area contributed by atoms with Crippen molar-refractivity contribution in [2.75, 3.05) is 13.1 Å². The van der Waals surface area contributed by atoms with Gasteiger partial charge >= 0.3 is 6.18 Å². The summed E-state index contributed by atoms with van der Waals surface area (Å²) in [5.74, 6) is 0.571. The summed E-state index contributed by atoms with van der Waals surface area (Å²) in [5.41, 5.74) is -0.690. The number of halogens is 3. The number of hydrogen-bond donors (Lipinski definition) is 1. The molecule has 1 N–H and O–H groups in total. The average Bonchev–Trinajstić information content (AvgIpc) is 2.72. The van der Waals surface area contributed by atoms with Crippen LogP contribution in [0.1, 0.15) is 38.8 Å². The Hall–Kier alpha value is -1.04. The zero-order valence-corrected chi connectivity index (χ0v) is 11.0. The number of nitrogens with one attached hydrogen (secondary N) is 1. The fourth-order valence-corrected chi connectivity index (χ4v) is 1.56. The number of aromatic nitrogens is 2. The molecule has 3 nitrogen and oxygen atoms in total. The van der Waals surface area contributed by atoms with Gasteiger partial charge in [0.15, 0.2) is 0 Å². The topological polar surface area (TPSA) is 29.9 Å². The van der Waals surface area contributed by atoms with Gasteiger partial charge in [-0.05, 0) is 32.4 Å². The Morgan fingerprint density at radius 3 is 2.50 bits per heavy atom. The van der Waals surface area contributed by atoms with Crippen molar-refractivity contribution in [3.63, 3.8) is 0 Å². The standard InChI is InChI=1S/C12H20F3N3/c1-9(2)6-16-5-4-10(3)18-8-11(7-17-18)12(13,14)15/h7-10,16H,4-6H2,1-3H3. The molecule has 1 aromatic rings. The van der Waals surface area contributed by atoms with E-state index in [2.05, 4.69) is 24.3 Å². The summed E-state index contributed by atoms with van der Waals surface area (Å²) in [4.78, 5) is 0. The lowest BCUT2D eigenvalue weighted by molar-refractivity contribution is -0.137. The van der Waals surface area contributed by atoms with Crippen molar-refractivity contribution < 1.29 is 13.2 Å². The van der Waals surface area contributed by atoms with Crippen molar-refractivity contribution in [1.82, 2.24) is 15.1 Å². The lowest BCUT2D eigenvalue weighted by Gasteiger charge is -2.13. The van der Waals surface area contributed by atoms with Crippen LogP contribution in [0.2, 0.25) is 0 Å². The van der Waals surface area contributed by atoms with Gasteiger partial charge in [-0.1, -0.05) is 13.8 Å². The average molecular weight is 263 g/mol. The van der Waals surface area contributed by atoms with Gasteiger partial charge in [-0.2, -0.15) is 18.3 Å². The normalized spacial score (nSPS) is 14.2. The largest absolute Gasteiger partial charge is 0.419 e. The Labute approximate surface area is 105 Å². The molecule has 0 amide bonds. The molecule has 0 radical (unpaired) electrons. The zero-order valence-electron chi connectivity index (χ0n) is 11.0. The SMILES string of the molecule is CC(C)CNCCC(C)n1cc(C(F)(F)F)cn1. The first-order valence-corrected chi connectivity index (χ1v) is 6.12. The second-order valence-electron chi connectivity index (χ2n) is 4.94. The van der Waals surface area contributed by atoms with Crippen LogP contribution < -0.4 is 5.32 Å². The van der Waals surface area contributed by atoms with Crippen LogP contribution in [0.25, 0.3) is 0 Å². The van der Waals surface area contributed by atoms with Crippen LogP contribution in [0.4, 0.5) is 13.2 Å². The third-order valence-corrected chi connectivity index (χ3v) is 2.67. The summed E-state index contributed by atoms with van der Waals surface area (Å²) < 4.78 is 38.6. The lowest BCUT2D eigenvalue weighted by atomic mass is 10.2. The first-order valence-electron chi connectivity index (χ1n) is 6.12. The highest BCUT2D eigenvalue weighted by atomic mass is 19.4. The predicted octanol–water partition coefficient (Wildman–Crippen LogP) is 3.10. The second kappa shape index (κ2) is 6.22. The van der Waals surface area contributed by atoms with E-state index in [1.165, 1.54) is 4.68 Å². The molecule has 0 bridgehead atoms. The fraction of sp³-hybridized carbons (Fsp3) is 0.750. The maximum Gasteiger partial charge on any atom is 0.419 e. The second-order valence-corrected chi connectivity index (χ2v) is 4.94. The van der Waals surface area contributed by atoms with Crippen LogP contribution in [0.5, 0.6) is 0 Å². The molecule has 0 spiro atoms. The van der Waals surface area contributed by atoms with Crippen LogP contribution in [0, 0.1) is 5.92 Å². The van der Waals surface area contributed by atoms with Crippen LogP contribution in [-0.4, -0.2) is 22.9 Å². The smallest absolute Gasteiger partial charge is 0.316 e. The van der Waals surface area contributed by atoms with E-state index >= 15 is 0 Å². The van der Waals surface area contributed by atoms with Gasteiger partial charge in [0.25, 0.3) is 0 Å². The molecule has 0 aliphatic heterocycles. The Bertz CT molecular complexity index is 358. The quantitative estimate of drug-likeness (QED) is 0.799. The molecule has 1 heterocycles. The molecule has 0 saturated heterocycles. The van der Waals surface area contributed by atoms with E-state index in [4.69, 9.17) is 0 Å². The Kier molecular flexibility index (Phi) is 5.19. The molecule has 0 fully saturated rings. The molecule has 6 heteroatoms. The van der Waals surface area contributed by atoms with Gasteiger partial charge in [-0.3, -0.25) is 4.68 Å². The van der Waals surface area contributed by atoms with E-state index in [0.717, 1.165) is 31.9 Å². The van der Waals surface area contributed by atoms with Gasteiger partial charge in [0.1, 0.15) is 0 Å². The summed E-state index contributed by atoms with van der Waals surface area (Å²) in [6.45, 7) is 7.78. The summed E-state index contributed by atoms with van der Waals surface area (Å²) >= 11 is 0. The molecule has 0 aromatic carbocycles. The van der Waals surface area contributed by atoms with Crippen molar-refractivity contribution in [2.24, 2.45) is 5.92 Å². The van der Waals surface area contributed by atoms with Gasteiger partial charge in [0.05, 0.1) is 17.8 Å². The Morgan fingerprint density at radius 2 is 2.00 bits per heavy atom. The first-order chi connectivity index (χ1) is 8.30. The molecular formula is C12H20F3N3. The lowest BCUT2D eigenvalue weighted by Crippen LogP contribution is -2.23. The van der Waals surface area contributed by atoms with E-state index in [1.807, 2.05) is 6.92 Å². The molecule has 18 heavy (non-hydrogen) atoms. The highest BCUT2D eigenvalue weighted by Crippen LogP contribution is 2.29. The van der Waals surface area contributed by atoms with E-state index in [-0.39, 0.29) is 6.04 Å². The van der Waals surface area contributed by atoms with Crippen molar-refractivity contribution >= 4 is 0 Å². The first kappa shape index (κ1) is 15.0. The summed E-state index contributed by atoms with van der Waals surface area (Å²) in [6.07, 6.45) is -1.62. The van der Waals surface area contributed by atoms with Crippen molar-refractivity contribution in [3.8, 4) is 0 Å². The van der Waals surface area contributed by atoms with E-state index in [9.17, 15) is 13.2 Å². The number of nitrogens with zero attached hydrogens (tertiary/aromatic N) is 2. The van der Waals surface area contributed by atoms with Crippen molar-refractivity contribution in [3.05, 3.63) is 18.0 Å². The molecule has 1 unspecified atom stereocenters. The van der Waals surface area contributed by atoms with Crippen LogP contribution in [0.15, 0.2) is 12.4 Å². The molecule has 0 aliphatic carbocycles. The van der Waals surface area contributed by atoms with Crippen LogP contribution in [0.3, 0.4) is 0 Å². The van der Waals surface area contributed by atoms with Gasteiger partial charge in [-0.25, -0.2) is 0 Å². The summed E-state index contributed by atoms with van der Waals surface area (Å²) in [7, 11) is 0. The van der Waals surface area contributed by atoms with Crippen LogP contribution in [-0.2, 0) is 6.18 Å². The summed E-state index contributed by atoms with van der Waals surface area (Å²) in [5, 5.41) is 7.02. The van der Waals surface area contributed by atoms with Crippen LogP contribution >= 0.6 is 0 Å². The number of hydrogen-bond acceptors (Lipinski definition) is 2. The third-order valence-electron chi connectivity index (χ3n) is 2.67. The minimum Gasteiger partial charge on any atom is -0.316 e. The Morgan fingerprint density at radius 1 is 1.33 bits per heavy atom. The van der Waals surface area contributed by atoms with E-state index in [0.29, 0.717) is 5.92 Å². The highest BCUT2D eigenvalue weighted by molar-refractivity contribution is 5.08. The number of alkyl halides is 3. The van der Waals surface area contributed by atoms with Gasteiger partial charge in [0, 0.05) is 6.20 Å². The van der Waals surface area contributed by atoms with E-state index < -0.39 is 11.7 Å². The monoisotopic (exact) mass is 263 g/mol. The molecule has 0 aliphatic rings. The fourth-order valence-electron chi connectivity index (χ4n) is 1.56. The van der Waals surface area contributed by atoms with Gasteiger partial charge < -0.3 is 5.32 Å². The maximum absolute atomic E-state index is 12.4. The predicted molar refractivity (Wildman–Crippen MR) is 64.3 cm³/mol. The van der Waals surface area contributed by atoms with Crippen molar-refractivity contribution in [2.45, 2.75) is 39.4 Å². The number of rotatable bonds is 6. The maximum atomic E-state index is 12.4. The van der Waals surface area contributed by atoms with Gasteiger partial charge in [-0.15, -0.1) is 0 Å². The van der Waals surface area contributed by atoms with E-state index in [1.54, 1.807) is 0 Å². The summed E-state index contributed by atoms with van der Waals surface area (Å²) in [6, 6.07) is -0.0410. The Balaban J connectivity index is 2.42. The minimum absolute atomic E-state index is 0.0410. The molecule has 104 valence electrons. The molecule has 0 saturated carbocycles. The zero-order chi connectivity index (χ0) is 13.8. The molecule has 1 atom stereocenters.